The van der Waals surface area contributed by atoms with Crippen LogP contribution in [0, 0.1) is 18.8 Å². The van der Waals surface area contributed by atoms with Crippen molar-refractivity contribution in [3.8, 4) is 50.7 Å². The summed E-state index contributed by atoms with van der Waals surface area (Å²) in [5.41, 5.74) is 13.6. The topological polar surface area (TPSA) is 33.5 Å². The van der Waals surface area contributed by atoms with Crippen molar-refractivity contribution in [1.29, 1.82) is 0 Å². The average molecular weight is 1180 g/mol. The van der Waals surface area contributed by atoms with Crippen molar-refractivity contribution in [2.75, 3.05) is 9.80 Å². The van der Waals surface area contributed by atoms with E-state index in [9.17, 15) is 2.74 Å². The van der Waals surface area contributed by atoms with Crippen molar-refractivity contribution in [3.63, 3.8) is 0 Å². The molecule has 0 unspecified atom stereocenters. The fraction of sp³-hybridized carbons (Fsp3) is 0.229. The molecule has 386 valence electrons. The Kier molecular flexibility index (Phi) is 12.0. The van der Waals surface area contributed by atoms with Crippen LogP contribution in [0.25, 0.3) is 61.0 Å². The van der Waals surface area contributed by atoms with E-state index in [0.29, 0.717) is 28.4 Å². The maximum atomic E-state index is 9.38. The first kappa shape index (κ1) is 46.1. The number of hydrogen-bond donors (Lipinski definition) is 0. The number of anilines is 4. The number of pyridine rings is 1. The first-order chi connectivity index (χ1) is 37.8. The summed E-state index contributed by atoms with van der Waals surface area (Å²) in [6, 6.07) is 56.0. The molecule has 2 aromatic heterocycles. The monoisotopic (exact) mass is 1180 g/mol. The molecular weight excluding hydrogens is 1110 g/mol. The fourth-order valence-corrected chi connectivity index (χ4v) is 10.1. The van der Waals surface area contributed by atoms with Gasteiger partial charge in [-0.1, -0.05) is 192 Å². The summed E-state index contributed by atoms with van der Waals surface area (Å²) in [6.07, 6.45) is 1.89. The van der Waals surface area contributed by atoms with Gasteiger partial charge in [0.1, 0.15) is 5.82 Å². The molecule has 0 saturated heterocycles. The first-order valence-electron chi connectivity index (χ1n) is 28.4. The molecule has 11 rings (SSSR count). The summed E-state index contributed by atoms with van der Waals surface area (Å²) in [4.78, 5) is 9.11. The summed E-state index contributed by atoms with van der Waals surface area (Å²) in [6.45, 7) is 28.3. The Morgan fingerprint density at radius 3 is 1.79 bits per heavy atom. The summed E-state index contributed by atoms with van der Waals surface area (Å²) < 4.78 is 54.0. The van der Waals surface area contributed by atoms with Crippen molar-refractivity contribution in [1.82, 2.24) is 9.55 Å². The minimum Gasteiger partial charge on any atom is -0.509 e. The number of benzene rings is 8. The number of aromatic nitrogens is 2. The third-order valence-electron chi connectivity index (χ3n) is 14.5. The first-order valence-corrected chi connectivity index (χ1v) is 25.9. The number of para-hydroxylation sites is 2. The van der Waals surface area contributed by atoms with Crippen LogP contribution in [0.5, 0.6) is 11.5 Å². The van der Waals surface area contributed by atoms with E-state index in [4.69, 9.17) is 13.8 Å². The van der Waals surface area contributed by atoms with Crippen LogP contribution in [0.4, 0.5) is 22.7 Å². The Balaban J connectivity index is 0.00000736. The maximum absolute atomic E-state index is 9.38. The van der Waals surface area contributed by atoms with Gasteiger partial charge in [-0.25, -0.2) is 4.98 Å². The maximum Gasteiger partial charge on any atom is 0.135 e. The Bertz CT molecular complexity index is 4050. The van der Waals surface area contributed by atoms with E-state index in [2.05, 4.69) is 207 Å². The summed E-state index contributed by atoms with van der Waals surface area (Å²) in [5, 5.41) is 2.10. The quantitative estimate of drug-likeness (QED) is 0.142. The van der Waals surface area contributed by atoms with Gasteiger partial charge in [-0.3, -0.25) is 0 Å². The van der Waals surface area contributed by atoms with Gasteiger partial charge in [0, 0.05) is 72.5 Å². The van der Waals surface area contributed by atoms with Crippen LogP contribution in [0.3, 0.4) is 0 Å². The van der Waals surface area contributed by atoms with E-state index in [-0.39, 0.29) is 72.5 Å². The van der Waals surface area contributed by atoms with Gasteiger partial charge >= 0.3 is 0 Å². The molecule has 0 fully saturated rings. The number of nitrogens with zero attached hydrogens (tertiary/aromatic N) is 4. The average Bonchev–Trinajstić information content (AvgIpc) is 4.21. The van der Waals surface area contributed by atoms with Crippen molar-refractivity contribution in [3.05, 3.63) is 223 Å². The van der Waals surface area contributed by atoms with Gasteiger partial charge in [0.05, 0.1) is 6.85 Å². The van der Waals surface area contributed by atoms with Gasteiger partial charge in [0.2, 0.25) is 0 Å². The van der Waals surface area contributed by atoms with Crippen LogP contribution in [0.2, 0.25) is 0 Å². The zero-order valence-corrected chi connectivity index (χ0v) is 47.8. The molecule has 6 heteroatoms. The molecule has 0 spiro atoms. The van der Waals surface area contributed by atoms with Crippen LogP contribution in [0.1, 0.15) is 112 Å². The summed E-state index contributed by atoms with van der Waals surface area (Å²) in [5.74, 6) is 1.78. The van der Waals surface area contributed by atoms with Crippen molar-refractivity contribution in [2.45, 2.75) is 105 Å². The van der Waals surface area contributed by atoms with E-state index in [0.717, 1.165) is 72.4 Å². The number of rotatable bonds is 8. The molecule has 0 N–H and O–H groups in total. The van der Waals surface area contributed by atoms with E-state index in [1.165, 1.54) is 11.1 Å². The molecule has 0 saturated carbocycles. The normalized spacial score (nSPS) is 14.0. The van der Waals surface area contributed by atoms with Gasteiger partial charge < -0.3 is 19.1 Å². The SMILES string of the molecule is [2H]c1c([2H])c([2H])c(-c2cc(C(C)(C)C)cc(-c3cccc(C(C)(C)C)c3)c2N2[CH-]N(c3[c-]c(Oc4[c-]c5c(cc4)c4cc(-c6ccc(C(C)(C)C)cc6)ccc4n5-c4cc(C(C)(C)C)ccn4)ccc3)c3ccccc32)c([2H])c1[2H].[Pt]. The third-order valence-corrected chi connectivity index (χ3v) is 14.5. The zero-order chi connectivity index (χ0) is 57.0. The molecule has 1 aliphatic heterocycles. The van der Waals surface area contributed by atoms with E-state index in [1.54, 1.807) is 0 Å². The molecule has 0 amide bonds. The molecule has 0 bridgehead atoms. The summed E-state index contributed by atoms with van der Waals surface area (Å²) in [7, 11) is 0. The fourth-order valence-electron chi connectivity index (χ4n) is 10.1. The van der Waals surface area contributed by atoms with Crippen LogP contribution in [-0.4, -0.2) is 9.55 Å². The van der Waals surface area contributed by atoms with E-state index in [1.807, 2.05) is 61.4 Å². The second-order valence-electron chi connectivity index (χ2n) is 24.0. The number of hydrogen-bond acceptors (Lipinski definition) is 4. The predicted octanol–water partition coefficient (Wildman–Crippen LogP) is 19.2. The van der Waals surface area contributed by atoms with Gasteiger partial charge in [-0.05, 0) is 114 Å². The van der Waals surface area contributed by atoms with Gasteiger partial charge in [-0.15, -0.1) is 48.1 Å². The van der Waals surface area contributed by atoms with Gasteiger partial charge in [0.25, 0.3) is 0 Å². The Labute approximate surface area is 472 Å². The molecule has 0 aliphatic carbocycles. The van der Waals surface area contributed by atoms with E-state index >= 15 is 0 Å². The zero-order valence-electron chi connectivity index (χ0n) is 50.5. The number of fused-ring (bicyclic) bond motifs is 4. The van der Waals surface area contributed by atoms with Crippen molar-refractivity contribution in [2.24, 2.45) is 0 Å². The van der Waals surface area contributed by atoms with Crippen LogP contribution < -0.4 is 14.5 Å². The molecule has 3 heterocycles. The molecule has 10 aromatic rings. The molecular formula is C70H67N4OPt-3. The predicted molar refractivity (Wildman–Crippen MR) is 315 cm³/mol. The standard InChI is InChI=1S/C70H67N4O.Pt/c1-67(2,3)50-31-28-46(29-32-50)48-30-35-61-60(39-48)57-34-33-56(44-64(57)74(61)65-42-52(36-37-71-65)69(7,8)9)75-55-25-19-24-54(43-55)72-45-73(63-27-17-16-26-62(63)72)66-58(47-20-14-13-15-21-47)40-53(70(10,11)12)41-59(66)49-22-18-23-51(38-49)68(4,5)6;/h13-42,45H,1-12H3;/q-3;/i13D,14D,15D,20D,21D;. The largest absolute Gasteiger partial charge is 0.509 e. The molecule has 8 aromatic carbocycles. The Morgan fingerprint density at radius 2 is 1.11 bits per heavy atom. The third kappa shape index (κ3) is 10.0. The van der Waals surface area contributed by atoms with Crippen LogP contribution in [-0.2, 0) is 42.7 Å². The van der Waals surface area contributed by atoms with Gasteiger partial charge in [-0.2, -0.15) is 12.1 Å². The van der Waals surface area contributed by atoms with E-state index < -0.39 is 6.04 Å². The Hall–Kier alpha value is -7.20. The second kappa shape index (κ2) is 19.7. The molecule has 76 heavy (non-hydrogen) atoms. The second-order valence-corrected chi connectivity index (χ2v) is 24.0. The van der Waals surface area contributed by atoms with Crippen molar-refractivity contribution >= 4 is 44.6 Å². The smallest absolute Gasteiger partial charge is 0.135 e. The van der Waals surface area contributed by atoms with Crippen LogP contribution in [0.15, 0.2) is 182 Å². The summed E-state index contributed by atoms with van der Waals surface area (Å²) >= 11 is 0. The minimum absolute atomic E-state index is 0. The van der Waals surface area contributed by atoms with Gasteiger partial charge in [0.15, 0.2) is 0 Å². The molecule has 0 radical (unpaired) electrons. The molecule has 5 nitrogen and oxygen atoms in total. The van der Waals surface area contributed by atoms with Crippen molar-refractivity contribution < 1.29 is 32.7 Å². The minimum atomic E-state index is -0.438. The number of ether oxygens (including phenoxy) is 1. The van der Waals surface area contributed by atoms with Crippen LogP contribution >= 0.6 is 0 Å². The molecule has 0 atom stereocenters. The molecule has 1 aliphatic rings. The Morgan fingerprint density at radius 1 is 0.487 bits per heavy atom.